The predicted molar refractivity (Wildman–Crippen MR) is 67.9 cm³/mol. The third kappa shape index (κ3) is 4.44. The van der Waals surface area contributed by atoms with Gasteiger partial charge in [-0.25, -0.2) is 0 Å². The molecule has 0 aliphatic rings. The zero-order valence-corrected chi connectivity index (χ0v) is 11.7. The summed E-state index contributed by atoms with van der Waals surface area (Å²) in [6.07, 6.45) is 1.63. The van der Waals surface area contributed by atoms with Crippen molar-refractivity contribution >= 4 is 44.0 Å². The number of hydrogen-bond donors (Lipinski definition) is 1. The Kier molecular flexibility index (Phi) is 4.95. The first kappa shape index (κ1) is 12.9. The summed E-state index contributed by atoms with van der Waals surface area (Å²) in [6.45, 7) is 1.85. The Morgan fingerprint density at radius 1 is 1.73 bits per heavy atom. The number of carbonyl (C=O) groups is 1. The first-order valence-electron chi connectivity index (χ1n) is 4.34. The lowest BCUT2D eigenvalue weighted by Crippen LogP contribution is -2.35. The largest absolute Gasteiger partial charge is 0.349 e. The van der Waals surface area contributed by atoms with Gasteiger partial charge in [-0.1, -0.05) is 0 Å². The van der Waals surface area contributed by atoms with Crippen molar-refractivity contribution in [1.29, 1.82) is 0 Å². The highest BCUT2D eigenvalue weighted by Gasteiger charge is 2.11. The van der Waals surface area contributed by atoms with Crippen molar-refractivity contribution < 1.29 is 9.00 Å². The van der Waals surface area contributed by atoms with Crippen LogP contribution in [0, 0.1) is 0 Å². The van der Waals surface area contributed by atoms with Crippen LogP contribution in [0.2, 0.25) is 0 Å². The normalized spacial score (nSPS) is 14.6. The number of rotatable bonds is 4. The zero-order valence-electron chi connectivity index (χ0n) is 8.45. The van der Waals surface area contributed by atoms with E-state index in [0.717, 1.165) is 3.79 Å². The van der Waals surface area contributed by atoms with Crippen LogP contribution in [-0.4, -0.2) is 28.2 Å². The van der Waals surface area contributed by atoms with Crippen molar-refractivity contribution in [3.8, 4) is 0 Å². The Morgan fingerprint density at radius 3 is 2.87 bits per heavy atom. The van der Waals surface area contributed by atoms with Crippen molar-refractivity contribution in [1.82, 2.24) is 5.32 Å². The summed E-state index contributed by atoms with van der Waals surface area (Å²) in [5, 5.41) is 4.58. The fraction of sp³-hybridized carbons (Fsp3) is 0.444. The minimum absolute atomic E-state index is 0.0676. The molecule has 0 bridgehead atoms. The second-order valence-corrected chi connectivity index (χ2v) is 7.02. The number of amides is 1. The summed E-state index contributed by atoms with van der Waals surface area (Å²) in [5.74, 6) is 0.367. The van der Waals surface area contributed by atoms with Crippen molar-refractivity contribution in [2.45, 2.75) is 13.0 Å². The van der Waals surface area contributed by atoms with E-state index in [0.29, 0.717) is 11.3 Å². The molecule has 0 saturated carbocycles. The number of hydrogen-bond acceptors (Lipinski definition) is 3. The number of nitrogens with one attached hydrogen (secondary N) is 1. The second kappa shape index (κ2) is 5.77. The molecule has 0 fully saturated rings. The second-order valence-electron chi connectivity index (χ2n) is 3.25. The number of thiophene rings is 1. The van der Waals surface area contributed by atoms with Gasteiger partial charge in [0.1, 0.15) is 0 Å². The molecule has 1 heterocycles. The SMILES string of the molecule is CC(CS(C)=O)NC(=O)c1csc(Br)c1. The minimum atomic E-state index is -0.885. The van der Waals surface area contributed by atoms with Crippen molar-refractivity contribution in [2.24, 2.45) is 0 Å². The highest BCUT2D eigenvalue weighted by Crippen LogP contribution is 2.20. The molecule has 1 N–H and O–H groups in total. The Morgan fingerprint density at radius 2 is 2.40 bits per heavy atom. The number of carbonyl (C=O) groups excluding carboxylic acids is 1. The van der Waals surface area contributed by atoms with Crippen LogP contribution in [0.5, 0.6) is 0 Å². The molecule has 0 radical (unpaired) electrons. The highest BCUT2D eigenvalue weighted by molar-refractivity contribution is 9.11. The van der Waals surface area contributed by atoms with Crippen molar-refractivity contribution in [3.05, 3.63) is 20.8 Å². The van der Waals surface area contributed by atoms with E-state index in [1.165, 1.54) is 11.3 Å². The molecule has 1 amide bonds. The molecule has 84 valence electrons. The molecule has 2 atom stereocenters. The lowest BCUT2D eigenvalue weighted by Gasteiger charge is -2.11. The zero-order chi connectivity index (χ0) is 11.4. The molecule has 0 saturated heterocycles. The minimum Gasteiger partial charge on any atom is -0.349 e. The van der Waals surface area contributed by atoms with Crippen LogP contribution >= 0.6 is 27.3 Å². The molecule has 1 aromatic rings. The van der Waals surface area contributed by atoms with Crippen LogP contribution in [0.15, 0.2) is 15.2 Å². The van der Waals surface area contributed by atoms with Gasteiger partial charge in [0.25, 0.3) is 5.91 Å². The van der Waals surface area contributed by atoms with E-state index in [9.17, 15) is 9.00 Å². The van der Waals surface area contributed by atoms with Crippen LogP contribution in [0.3, 0.4) is 0 Å². The van der Waals surface area contributed by atoms with Gasteiger partial charge >= 0.3 is 0 Å². The topological polar surface area (TPSA) is 46.2 Å². The highest BCUT2D eigenvalue weighted by atomic mass is 79.9. The Bertz CT molecular complexity index is 378. The van der Waals surface area contributed by atoms with E-state index < -0.39 is 10.8 Å². The molecule has 0 aliphatic heterocycles. The standard InChI is InChI=1S/C9H12BrNO2S2/c1-6(5-15(2)13)11-9(12)7-3-8(10)14-4-7/h3-4,6H,5H2,1-2H3,(H,11,12). The third-order valence-electron chi connectivity index (χ3n) is 1.69. The average Bonchev–Trinajstić information content (AvgIpc) is 2.49. The number of halogens is 1. The molecule has 3 nitrogen and oxygen atoms in total. The molecule has 0 spiro atoms. The summed E-state index contributed by atoms with van der Waals surface area (Å²) in [7, 11) is -0.885. The van der Waals surface area contributed by atoms with Crippen LogP contribution < -0.4 is 5.32 Å². The van der Waals surface area contributed by atoms with Gasteiger partial charge in [-0.2, -0.15) is 0 Å². The Balaban J connectivity index is 2.52. The summed E-state index contributed by atoms with van der Waals surface area (Å²) in [5.41, 5.74) is 0.639. The lowest BCUT2D eigenvalue weighted by molar-refractivity contribution is 0.0944. The molecule has 1 rings (SSSR count). The van der Waals surface area contributed by atoms with Gasteiger partial charge in [0.05, 0.1) is 9.35 Å². The molecular weight excluding hydrogens is 298 g/mol. The van der Waals surface area contributed by atoms with Gasteiger partial charge < -0.3 is 5.32 Å². The van der Waals surface area contributed by atoms with Crippen LogP contribution in [-0.2, 0) is 10.8 Å². The smallest absolute Gasteiger partial charge is 0.252 e. The van der Waals surface area contributed by atoms with E-state index in [4.69, 9.17) is 0 Å². The van der Waals surface area contributed by atoms with E-state index in [1.54, 1.807) is 17.7 Å². The third-order valence-corrected chi connectivity index (χ3v) is 4.17. The first-order valence-corrected chi connectivity index (χ1v) is 7.74. The Labute approximate surface area is 104 Å². The quantitative estimate of drug-likeness (QED) is 0.925. The molecule has 0 aliphatic carbocycles. The van der Waals surface area contributed by atoms with E-state index in [2.05, 4.69) is 21.2 Å². The monoisotopic (exact) mass is 309 g/mol. The van der Waals surface area contributed by atoms with Gasteiger partial charge in [0.15, 0.2) is 0 Å². The average molecular weight is 310 g/mol. The fourth-order valence-corrected chi connectivity index (χ4v) is 3.05. The van der Waals surface area contributed by atoms with Gasteiger partial charge in [-0.3, -0.25) is 9.00 Å². The molecular formula is C9H12BrNO2S2. The van der Waals surface area contributed by atoms with E-state index in [-0.39, 0.29) is 11.9 Å². The van der Waals surface area contributed by atoms with Gasteiger partial charge in [0.2, 0.25) is 0 Å². The molecule has 2 unspecified atom stereocenters. The van der Waals surface area contributed by atoms with E-state index in [1.807, 2.05) is 6.92 Å². The van der Waals surface area contributed by atoms with Gasteiger partial charge in [-0.15, -0.1) is 11.3 Å². The summed E-state index contributed by atoms with van der Waals surface area (Å²) < 4.78 is 11.9. The maximum Gasteiger partial charge on any atom is 0.252 e. The predicted octanol–water partition coefficient (Wildman–Crippen LogP) is 2.01. The van der Waals surface area contributed by atoms with Gasteiger partial charge in [0, 0.05) is 34.2 Å². The Hall–Kier alpha value is -0.200. The molecule has 0 aromatic carbocycles. The van der Waals surface area contributed by atoms with E-state index >= 15 is 0 Å². The summed E-state index contributed by atoms with van der Waals surface area (Å²) in [4.78, 5) is 11.6. The molecule has 1 aromatic heterocycles. The van der Waals surface area contributed by atoms with Crippen molar-refractivity contribution in [3.63, 3.8) is 0 Å². The first-order chi connectivity index (χ1) is 6.99. The van der Waals surface area contributed by atoms with Crippen LogP contribution in [0.25, 0.3) is 0 Å². The summed E-state index contributed by atoms with van der Waals surface area (Å²) in [6, 6.07) is 1.71. The van der Waals surface area contributed by atoms with Gasteiger partial charge in [-0.05, 0) is 28.9 Å². The molecule has 15 heavy (non-hydrogen) atoms. The maximum atomic E-state index is 11.6. The van der Waals surface area contributed by atoms with Crippen LogP contribution in [0.4, 0.5) is 0 Å². The summed E-state index contributed by atoms with van der Waals surface area (Å²) >= 11 is 4.77. The van der Waals surface area contributed by atoms with Crippen molar-refractivity contribution in [2.75, 3.05) is 12.0 Å². The lowest BCUT2D eigenvalue weighted by atomic mass is 10.3. The molecule has 6 heteroatoms. The fourth-order valence-electron chi connectivity index (χ4n) is 1.13. The van der Waals surface area contributed by atoms with Crippen LogP contribution in [0.1, 0.15) is 17.3 Å². The maximum absolute atomic E-state index is 11.6.